The Bertz CT molecular complexity index is 678. The Morgan fingerprint density at radius 3 is 2.62 bits per heavy atom. The molecule has 0 fully saturated rings. The molecule has 0 saturated carbocycles. The molecule has 0 bridgehead atoms. The van der Waals surface area contributed by atoms with Gasteiger partial charge in [-0.25, -0.2) is 0 Å². The second-order valence-electron chi connectivity index (χ2n) is 4.30. The maximum absolute atomic E-state index is 12.1. The fourth-order valence-corrected chi connectivity index (χ4v) is 2.11. The molecule has 21 heavy (non-hydrogen) atoms. The lowest BCUT2D eigenvalue weighted by molar-refractivity contribution is 0.104. The van der Waals surface area contributed by atoms with Crippen molar-refractivity contribution in [2.75, 3.05) is 6.61 Å². The Morgan fingerprint density at radius 2 is 1.90 bits per heavy atom. The Balaban J connectivity index is 2.20. The number of hydrogen-bond acceptors (Lipinski definition) is 2. The number of benzene rings is 2. The number of carbonyl (C=O) groups excluding carboxylic acids is 1. The summed E-state index contributed by atoms with van der Waals surface area (Å²) in [5, 5.41) is 0.796. The van der Waals surface area contributed by atoms with E-state index in [1.165, 1.54) is 6.08 Å². The number of para-hydroxylation sites is 1. The van der Waals surface area contributed by atoms with Gasteiger partial charge in [-0.1, -0.05) is 41.4 Å². The van der Waals surface area contributed by atoms with Gasteiger partial charge in [0.1, 0.15) is 5.75 Å². The van der Waals surface area contributed by atoms with Crippen LogP contribution in [0, 0.1) is 0 Å². The highest BCUT2D eigenvalue weighted by Crippen LogP contribution is 2.24. The van der Waals surface area contributed by atoms with Crippen molar-refractivity contribution in [1.82, 2.24) is 0 Å². The molecule has 0 heterocycles. The second kappa shape index (κ2) is 7.30. The first-order valence-corrected chi connectivity index (χ1v) is 7.26. The van der Waals surface area contributed by atoms with Crippen molar-refractivity contribution in [2.45, 2.75) is 6.92 Å². The second-order valence-corrected chi connectivity index (χ2v) is 5.11. The molecule has 2 rings (SSSR count). The molecule has 0 spiro atoms. The predicted octanol–water partition coefficient (Wildman–Crippen LogP) is 5.29. The summed E-state index contributed by atoms with van der Waals surface area (Å²) < 4.78 is 5.51. The van der Waals surface area contributed by atoms with E-state index < -0.39 is 0 Å². The standard InChI is InChI=1S/C17H14Cl2O2/c1-2-21-17-6-4-3-5-12(17)8-10-16(20)13-7-9-14(18)15(19)11-13/h3-11H,2H2,1H3. The van der Waals surface area contributed by atoms with Gasteiger partial charge in [-0.2, -0.15) is 0 Å². The molecule has 0 N–H and O–H groups in total. The summed E-state index contributed by atoms with van der Waals surface area (Å²) >= 11 is 11.7. The third-order valence-corrected chi connectivity index (χ3v) is 3.58. The number of ketones is 1. The average molecular weight is 321 g/mol. The van der Waals surface area contributed by atoms with Gasteiger partial charge in [-0.15, -0.1) is 0 Å². The third kappa shape index (κ3) is 4.10. The molecule has 0 atom stereocenters. The zero-order valence-corrected chi connectivity index (χ0v) is 13.0. The average Bonchev–Trinajstić information content (AvgIpc) is 2.49. The highest BCUT2D eigenvalue weighted by atomic mass is 35.5. The largest absolute Gasteiger partial charge is 0.493 e. The zero-order chi connectivity index (χ0) is 15.2. The maximum atomic E-state index is 12.1. The number of allylic oxidation sites excluding steroid dienone is 1. The van der Waals surface area contributed by atoms with E-state index in [2.05, 4.69) is 0 Å². The minimum atomic E-state index is -0.139. The first-order valence-electron chi connectivity index (χ1n) is 6.51. The minimum absolute atomic E-state index is 0.139. The molecule has 0 aliphatic rings. The van der Waals surface area contributed by atoms with E-state index in [0.717, 1.165) is 11.3 Å². The van der Waals surface area contributed by atoms with Crippen LogP contribution in [-0.2, 0) is 0 Å². The maximum Gasteiger partial charge on any atom is 0.185 e. The lowest BCUT2D eigenvalue weighted by Crippen LogP contribution is -1.95. The van der Waals surface area contributed by atoms with Crippen LogP contribution < -0.4 is 4.74 Å². The molecule has 2 aromatic carbocycles. The lowest BCUT2D eigenvalue weighted by Gasteiger charge is -2.06. The summed E-state index contributed by atoms with van der Waals surface area (Å²) in [5.74, 6) is 0.609. The van der Waals surface area contributed by atoms with Crippen molar-refractivity contribution in [1.29, 1.82) is 0 Å². The van der Waals surface area contributed by atoms with E-state index in [4.69, 9.17) is 27.9 Å². The molecule has 0 radical (unpaired) electrons. The normalized spacial score (nSPS) is 10.8. The van der Waals surface area contributed by atoms with Gasteiger partial charge in [-0.05, 0) is 43.3 Å². The van der Waals surface area contributed by atoms with Crippen LogP contribution in [0.2, 0.25) is 10.0 Å². The molecule has 0 saturated heterocycles. The Kier molecular flexibility index (Phi) is 5.43. The highest BCUT2D eigenvalue weighted by molar-refractivity contribution is 6.42. The summed E-state index contributed by atoms with van der Waals surface area (Å²) in [6.45, 7) is 2.49. The lowest BCUT2D eigenvalue weighted by atomic mass is 10.1. The summed E-state index contributed by atoms with van der Waals surface area (Å²) in [6.07, 6.45) is 3.23. The van der Waals surface area contributed by atoms with Gasteiger partial charge in [0.15, 0.2) is 5.78 Å². The quantitative estimate of drug-likeness (QED) is 0.552. The number of carbonyl (C=O) groups is 1. The van der Waals surface area contributed by atoms with Gasteiger partial charge in [0.25, 0.3) is 0 Å². The van der Waals surface area contributed by atoms with E-state index in [-0.39, 0.29) is 5.78 Å². The molecule has 4 heteroatoms. The molecule has 0 aliphatic carbocycles. The van der Waals surface area contributed by atoms with E-state index in [9.17, 15) is 4.79 Å². The van der Waals surface area contributed by atoms with E-state index in [0.29, 0.717) is 22.2 Å². The van der Waals surface area contributed by atoms with E-state index in [1.54, 1.807) is 24.3 Å². The molecule has 2 aromatic rings. The van der Waals surface area contributed by atoms with E-state index >= 15 is 0 Å². The van der Waals surface area contributed by atoms with Crippen molar-refractivity contribution in [3.05, 3.63) is 69.7 Å². The summed E-state index contributed by atoms with van der Waals surface area (Å²) in [6, 6.07) is 12.4. The molecule has 0 amide bonds. The monoisotopic (exact) mass is 320 g/mol. The van der Waals surface area contributed by atoms with Crippen LogP contribution >= 0.6 is 23.2 Å². The van der Waals surface area contributed by atoms with Gasteiger partial charge < -0.3 is 4.74 Å². The van der Waals surface area contributed by atoms with Crippen molar-refractivity contribution in [2.24, 2.45) is 0 Å². The number of halogens is 2. The molecule has 0 aromatic heterocycles. The number of rotatable bonds is 5. The summed E-state index contributed by atoms with van der Waals surface area (Å²) in [7, 11) is 0. The molecule has 0 aliphatic heterocycles. The minimum Gasteiger partial charge on any atom is -0.493 e. The van der Waals surface area contributed by atoms with Crippen LogP contribution in [0.5, 0.6) is 5.75 Å². The number of hydrogen-bond donors (Lipinski definition) is 0. The van der Waals surface area contributed by atoms with Crippen LogP contribution in [0.1, 0.15) is 22.8 Å². The first-order chi connectivity index (χ1) is 10.1. The summed E-state index contributed by atoms with van der Waals surface area (Å²) in [4.78, 5) is 12.1. The van der Waals surface area contributed by atoms with Gasteiger partial charge in [-0.3, -0.25) is 4.79 Å². The molecular formula is C17H14Cl2O2. The molecule has 2 nitrogen and oxygen atoms in total. The fourth-order valence-electron chi connectivity index (χ4n) is 1.82. The van der Waals surface area contributed by atoms with Crippen molar-refractivity contribution >= 4 is 35.1 Å². The van der Waals surface area contributed by atoms with Crippen LogP contribution in [0.4, 0.5) is 0 Å². The van der Waals surface area contributed by atoms with Gasteiger partial charge in [0.2, 0.25) is 0 Å². The topological polar surface area (TPSA) is 26.3 Å². The van der Waals surface area contributed by atoms with Crippen molar-refractivity contribution < 1.29 is 9.53 Å². The van der Waals surface area contributed by atoms with Gasteiger partial charge in [0.05, 0.1) is 16.7 Å². The van der Waals surface area contributed by atoms with Crippen LogP contribution in [0.3, 0.4) is 0 Å². The first kappa shape index (κ1) is 15.6. The Morgan fingerprint density at radius 1 is 1.14 bits per heavy atom. The third-order valence-electron chi connectivity index (χ3n) is 2.84. The van der Waals surface area contributed by atoms with Crippen molar-refractivity contribution in [3.63, 3.8) is 0 Å². The number of ether oxygens (including phenoxy) is 1. The fraction of sp³-hybridized carbons (Fsp3) is 0.118. The smallest absolute Gasteiger partial charge is 0.185 e. The van der Waals surface area contributed by atoms with Crippen LogP contribution in [0.15, 0.2) is 48.5 Å². The molecule has 108 valence electrons. The summed E-state index contributed by atoms with van der Waals surface area (Å²) in [5.41, 5.74) is 1.35. The van der Waals surface area contributed by atoms with Crippen LogP contribution in [0.25, 0.3) is 6.08 Å². The Labute approximate surface area is 134 Å². The molecule has 0 unspecified atom stereocenters. The Hall–Kier alpha value is -1.77. The highest BCUT2D eigenvalue weighted by Gasteiger charge is 2.06. The van der Waals surface area contributed by atoms with Gasteiger partial charge in [0, 0.05) is 11.1 Å². The molecular weight excluding hydrogens is 307 g/mol. The van der Waals surface area contributed by atoms with Crippen LogP contribution in [-0.4, -0.2) is 12.4 Å². The zero-order valence-electron chi connectivity index (χ0n) is 11.5. The van der Waals surface area contributed by atoms with Crippen molar-refractivity contribution in [3.8, 4) is 5.75 Å². The van der Waals surface area contributed by atoms with Gasteiger partial charge >= 0.3 is 0 Å². The van der Waals surface area contributed by atoms with E-state index in [1.807, 2.05) is 31.2 Å². The predicted molar refractivity (Wildman–Crippen MR) is 87.4 cm³/mol. The SMILES string of the molecule is CCOc1ccccc1C=CC(=O)c1ccc(Cl)c(Cl)c1.